The van der Waals surface area contributed by atoms with E-state index < -0.39 is 23.7 Å². The van der Waals surface area contributed by atoms with Crippen LogP contribution in [-0.2, 0) is 9.59 Å². The highest BCUT2D eigenvalue weighted by atomic mass is 19.1. The maximum atomic E-state index is 13.8. The van der Waals surface area contributed by atoms with Crippen LogP contribution in [0.3, 0.4) is 0 Å². The van der Waals surface area contributed by atoms with E-state index in [2.05, 4.69) is 5.32 Å². The van der Waals surface area contributed by atoms with Crippen LogP contribution in [-0.4, -0.2) is 41.0 Å². The van der Waals surface area contributed by atoms with Crippen molar-refractivity contribution in [2.45, 2.75) is 46.1 Å². The average Bonchev–Trinajstić information content (AvgIpc) is 2.62. The maximum absolute atomic E-state index is 13.8. The van der Waals surface area contributed by atoms with Crippen LogP contribution in [0.15, 0.2) is 24.3 Å². The first-order valence-corrected chi connectivity index (χ1v) is 8.81. The molecule has 2 atom stereocenters. The molecule has 26 heavy (non-hydrogen) atoms. The molecule has 0 aromatic heterocycles. The van der Waals surface area contributed by atoms with Crippen LogP contribution in [0.5, 0.6) is 0 Å². The smallest absolute Gasteiger partial charge is 0.254 e. The van der Waals surface area contributed by atoms with Crippen molar-refractivity contribution in [3.63, 3.8) is 0 Å². The van der Waals surface area contributed by atoms with Crippen LogP contribution in [0, 0.1) is 17.7 Å². The van der Waals surface area contributed by atoms with E-state index in [1.54, 1.807) is 19.9 Å². The number of Topliss-reactive ketones (excluding diaryl/α,β-unsaturated/α-hetero) is 1. The highest BCUT2D eigenvalue weighted by molar-refractivity contribution is 5.98. The molecule has 2 amide bonds. The van der Waals surface area contributed by atoms with Crippen LogP contribution < -0.4 is 5.32 Å². The second kappa shape index (κ2) is 10.7. The van der Waals surface area contributed by atoms with Crippen molar-refractivity contribution in [3.05, 3.63) is 35.6 Å². The van der Waals surface area contributed by atoms with Gasteiger partial charge in [-0.15, -0.1) is 0 Å². The van der Waals surface area contributed by atoms with Crippen LogP contribution >= 0.6 is 0 Å². The Hall–Kier alpha value is -2.28. The molecule has 1 rings (SSSR count). The van der Waals surface area contributed by atoms with Gasteiger partial charge in [-0.1, -0.05) is 45.7 Å². The van der Waals surface area contributed by atoms with Gasteiger partial charge in [0.2, 0.25) is 6.41 Å². The number of hydrogen-bond donors (Lipinski definition) is 2. The van der Waals surface area contributed by atoms with E-state index in [0.717, 1.165) is 12.8 Å². The molecule has 0 heterocycles. The summed E-state index contributed by atoms with van der Waals surface area (Å²) in [7, 11) is 0. The first-order chi connectivity index (χ1) is 12.3. The molecule has 0 saturated heterocycles. The zero-order valence-electron chi connectivity index (χ0n) is 15.4. The summed E-state index contributed by atoms with van der Waals surface area (Å²) in [6.45, 7) is 5.38. The maximum Gasteiger partial charge on any atom is 0.254 e. The van der Waals surface area contributed by atoms with Gasteiger partial charge in [-0.25, -0.2) is 9.45 Å². The zero-order valence-corrected chi connectivity index (χ0v) is 15.4. The van der Waals surface area contributed by atoms with Crippen LogP contribution in [0.4, 0.5) is 4.39 Å². The summed E-state index contributed by atoms with van der Waals surface area (Å²) in [5, 5.41) is 12.5. The quantitative estimate of drug-likeness (QED) is 0.358. The number of amides is 2. The molecular weight excluding hydrogens is 339 g/mol. The fourth-order valence-electron chi connectivity index (χ4n) is 2.73. The van der Waals surface area contributed by atoms with Crippen LogP contribution in [0.2, 0.25) is 0 Å². The number of unbranched alkanes of at least 4 members (excludes halogenated alkanes) is 1. The van der Waals surface area contributed by atoms with Gasteiger partial charge in [-0.05, 0) is 24.5 Å². The van der Waals surface area contributed by atoms with Gasteiger partial charge in [0.05, 0.1) is 18.2 Å². The molecule has 0 aliphatic heterocycles. The van der Waals surface area contributed by atoms with E-state index in [-0.39, 0.29) is 30.2 Å². The topological polar surface area (TPSA) is 86.7 Å². The van der Waals surface area contributed by atoms with E-state index in [1.807, 2.05) is 6.92 Å². The molecular formula is C19H27FN2O4. The number of carbonyl (C=O) groups is 3. The highest BCUT2D eigenvalue weighted by Crippen LogP contribution is 2.18. The van der Waals surface area contributed by atoms with E-state index in [9.17, 15) is 24.0 Å². The molecule has 0 unspecified atom stereocenters. The molecule has 0 spiro atoms. The van der Waals surface area contributed by atoms with Crippen molar-refractivity contribution in [3.8, 4) is 0 Å². The average molecular weight is 366 g/mol. The number of halogens is 1. The monoisotopic (exact) mass is 366 g/mol. The van der Waals surface area contributed by atoms with Crippen LogP contribution in [0.25, 0.3) is 0 Å². The summed E-state index contributed by atoms with van der Waals surface area (Å²) in [6, 6.07) is 4.71. The minimum absolute atomic E-state index is 0.132. The predicted octanol–water partition coefficient (Wildman–Crippen LogP) is 2.80. The molecule has 6 nitrogen and oxygen atoms in total. The normalized spacial score (nSPS) is 13.2. The molecule has 0 fully saturated rings. The number of ketones is 1. The zero-order chi connectivity index (χ0) is 19.7. The van der Waals surface area contributed by atoms with Crippen molar-refractivity contribution in [1.82, 2.24) is 10.4 Å². The molecule has 144 valence electrons. The summed E-state index contributed by atoms with van der Waals surface area (Å²) in [5.74, 6) is -2.45. The molecule has 1 aromatic carbocycles. The van der Waals surface area contributed by atoms with Gasteiger partial charge in [0.15, 0.2) is 5.78 Å². The summed E-state index contributed by atoms with van der Waals surface area (Å²) in [6.07, 6.45) is 2.33. The number of nitrogens with one attached hydrogen (secondary N) is 1. The molecule has 2 N–H and O–H groups in total. The standard InChI is InChI=1S/C19H27FN2O4/c1-4-5-8-14(11-22(26)12-23)18(24)17(13(2)3)21-19(25)15-9-6-7-10-16(15)20/h6-7,9-10,12-14,17,26H,4-5,8,11H2,1-3H3,(H,21,25)/t14-,17+/m1/s1. The van der Waals surface area contributed by atoms with Crippen molar-refractivity contribution >= 4 is 18.1 Å². The Balaban J connectivity index is 2.97. The Kier molecular flexibility index (Phi) is 8.92. The van der Waals surface area contributed by atoms with Crippen molar-refractivity contribution < 1.29 is 24.0 Å². The summed E-state index contributed by atoms with van der Waals surface area (Å²) in [5.41, 5.74) is -0.132. The third-order valence-electron chi connectivity index (χ3n) is 4.22. The van der Waals surface area contributed by atoms with E-state index >= 15 is 0 Å². The van der Waals surface area contributed by atoms with Gasteiger partial charge < -0.3 is 5.32 Å². The molecule has 0 aliphatic rings. The van der Waals surface area contributed by atoms with Crippen molar-refractivity contribution in [2.24, 2.45) is 11.8 Å². The van der Waals surface area contributed by atoms with Gasteiger partial charge in [-0.3, -0.25) is 19.6 Å². The Morgan fingerprint density at radius 2 is 1.96 bits per heavy atom. The van der Waals surface area contributed by atoms with E-state index in [4.69, 9.17) is 0 Å². The van der Waals surface area contributed by atoms with E-state index in [1.165, 1.54) is 18.2 Å². The Bertz CT molecular complexity index is 621. The summed E-state index contributed by atoms with van der Waals surface area (Å²) < 4.78 is 13.8. The lowest BCUT2D eigenvalue weighted by molar-refractivity contribution is -0.154. The first-order valence-electron chi connectivity index (χ1n) is 8.81. The van der Waals surface area contributed by atoms with Gasteiger partial charge >= 0.3 is 0 Å². The third kappa shape index (κ3) is 6.22. The fourth-order valence-corrected chi connectivity index (χ4v) is 2.73. The molecule has 0 aliphatic carbocycles. The van der Waals surface area contributed by atoms with Gasteiger partial charge in [-0.2, -0.15) is 0 Å². The lowest BCUT2D eigenvalue weighted by Crippen LogP contribution is -2.48. The third-order valence-corrected chi connectivity index (χ3v) is 4.22. The minimum Gasteiger partial charge on any atom is -0.342 e. The molecule has 0 saturated carbocycles. The molecule has 0 bridgehead atoms. The van der Waals surface area contributed by atoms with Gasteiger partial charge in [0, 0.05) is 5.92 Å². The SMILES string of the molecule is CCCC[C@H](CN(O)C=O)C(=O)[C@@H](NC(=O)c1ccccc1F)C(C)C. The molecule has 1 aromatic rings. The molecule has 7 heteroatoms. The number of benzene rings is 1. The Morgan fingerprint density at radius 1 is 1.31 bits per heavy atom. The second-order valence-electron chi connectivity index (χ2n) is 6.64. The van der Waals surface area contributed by atoms with Gasteiger partial charge in [0.1, 0.15) is 5.82 Å². The Morgan fingerprint density at radius 3 is 2.50 bits per heavy atom. The number of rotatable bonds is 11. The minimum atomic E-state index is -0.844. The number of nitrogens with zero attached hydrogens (tertiary/aromatic N) is 1. The number of hydroxylamine groups is 2. The van der Waals surface area contributed by atoms with E-state index in [0.29, 0.717) is 11.5 Å². The largest absolute Gasteiger partial charge is 0.342 e. The molecule has 0 radical (unpaired) electrons. The highest BCUT2D eigenvalue weighted by Gasteiger charge is 2.31. The first kappa shape index (κ1) is 21.8. The number of hydrogen-bond acceptors (Lipinski definition) is 4. The van der Waals surface area contributed by atoms with Crippen LogP contribution in [0.1, 0.15) is 50.4 Å². The summed E-state index contributed by atoms with van der Waals surface area (Å²) in [4.78, 5) is 36.0. The fraction of sp³-hybridized carbons (Fsp3) is 0.526. The lowest BCUT2D eigenvalue weighted by Gasteiger charge is -2.27. The Labute approximate surface area is 153 Å². The van der Waals surface area contributed by atoms with Crippen molar-refractivity contribution in [1.29, 1.82) is 0 Å². The lowest BCUT2D eigenvalue weighted by atomic mass is 9.87. The number of carbonyl (C=O) groups excluding carboxylic acids is 3. The predicted molar refractivity (Wildman–Crippen MR) is 95.1 cm³/mol. The van der Waals surface area contributed by atoms with Crippen molar-refractivity contribution in [2.75, 3.05) is 6.54 Å². The van der Waals surface area contributed by atoms with Gasteiger partial charge in [0.25, 0.3) is 5.91 Å². The summed E-state index contributed by atoms with van der Waals surface area (Å²) >= 11 is 0. The second-order valence-corrected chi connectivity index (χ2v) is 6.64.